The molecule has 1 atom stereocenters. The molecule has 90 valence electrons. The first-order valence-electron chi connectivity index (χ1n) is 6.25. The van der Waals surface area contributed by atoms with Crippen LogP contribution in [0.5, 0.6) is 0 Å². The first-order valence-corrected chi connectivity index (χ1v) is 6.25. The summed E-state index contributed by atoms with van der Waals surface area (Å²) in [5, 5.41) is 3.61. The molecule has 1 heterocycles. The van der Waals surface area contributed by atoms with E-state index >= 15 is 0 Å². The van der Waals surface area contributed by atoms with Crippen LogP contribution in [0, 0.1) is 0 Å². The number of ether oxygens (including phenoxy) is 1. The van der Waals surface area contributed by atoms with Crippen LogP contribution in [0.15, 0.2) is 0 Å². The summed E-state index contributed by atoms with van der Waals surface area (Å²) in [4.78, 5) is 2.42. The van der Waals surface area contributed by atoms with E-state index in [4.69, 9.17) is 4.74 Å². The zero-order valence-corrected chi connectivity index (χ0v) is 10.5. The zero-order chi connectivity index (χ0) is 11.1. The molecule has 1 rings (SSSR count). The maximum atomic E-state index is 5.33. The predicted octanol–water partition coefficient (Wildman–Crippen LogP) is 1.49. The third kappa shape index (κ3) is 4.96. The lowest BCUT2D eigenvalue weighted by Gasteiger charge is -2.27. The molecule has 0 saturated carbocycles. The van der Waals surface area contributed by atoms with E-state index in [0.29, 0.717) is 12.1 Å². The van der Waals surface area contributed by atoms with Crippen LogP contribution in [0.3, 0.4) is 0 Å². The Morgan fingerprint density at radius 1 is 1.40 bits per heavy atom. The normalized spacial score (nSPS) is 20.8. The minimum atomic E-state index is 0.684. The summed E-state index contributed by atoms with van der Waals surface area (Å²) in [6.45, 7) is 8.64. The molecule has 3 nitrogen and oxygen atoms in total. The second kappa shape index (κ2) is 7.20. The van der Waals surface area contributed by atoms with Gasteiger partial charge < -0.3 is 15.0 Å². The molecule has 0 amide bonds. The molecule has 3 heteroatoms. The third-order valence-corrected chi connectivity index (χ3v) is 3.46. The van der Waals surface area contributed by atoms with Crippen molar-refractivity contribution in [1.29, 1.82) is 0 Å². The first kappa shape index (κ1) is 12.9. The molecule has 1 aliphatic rings. The molecule has 15 heavy (non-hydrogen) atoms. The fourth-order valence-electron chi connectivity index (χ4n) is 1.88. The van der Waals surface area contributed by atoms with Crippen molar-refractivity contribution < 1.29 is 4.74 Å². The summed E-state index contributed by atoms with van der Waals surface area (Å²) in [5.74, 6) is 0. The number of nitrogens with zero attached hydrogens (tertiary/aromatic N) is 1. The average molecular weight is 214 g/mol. The van der Waals surface area contributed by atoms with E-state index in [1.54, 1.807) is 0 Å². The minimum Gasteiger partial charge on any atom is -0.381 e. The summed E-state index contributed by atoms with van der Waals surface area (Å²) < 4.78 is 5.33. The molecule has 1 N–H and O–H groups in total. The van der Waals surface area contributed by atoms with E-state index in [1.807, 2.05) is 0 Å². The fraction of sp³-hybridized carbons (Fsp3) is 1.00. The van der Waals surface area contributed by atoms with Gasteiger partial charge in [0.05, 0.1) is 0 Å². The summed E-state index contributed by atoms with van der Waals surface area (Å²) in [6.07, 6.45) is 3.58. The van der Waals surface area contributed by atoms with Gasteiger partial charge in [0.2, 0.25) is 0 Å². The lowest BCUT2D eigenvalue weighted by molar-refractivity contribution is 0.0771. The summed E-state index contributed by atoms with van der Waals surface area (Å²) in [5.41, 5.74) is 0. The van der Waals surface area contributed by atoms with Crippen molar-refractivity contribution in [3.63, 3.8) is 0 Å². The van der Waals surface area contributed by atoms with E-state index in [2.05, 4.69) is 31.1 Å². The van der Waals surface area contributed by atoms with Crippen LogP contribution in [0.2, 0.25) is 0 Å². The smallest absolute Gasteiger partial charge is 0.0480 e. The highest BCUT2D eigenvalue weighted by Gasteiger charge is 2.13. The van der Waals surface area contributed by atoms with Gasteiger partial charge >= 0.3 is 0 Å². The monoisotopic (exact) mass is 214 g/mol. The molecule has 0 aromatic heterocycles. The van der Waals surface area contributed by atoms with Crippen LogP contribution in [-0.2, 0) is 4.74 Å². The molecular formula is C12H26N2O. The van der Waals surface area contributed by atoms with E-state index in [1.165, 1.54) is 19.3 Å². The lowest BCUT2D eigenvalue weighted by Crippen LogP contribution is -2.41. The van der Waals surface area contributed by atoms with Crippen molar-refractivity contribution in [2.45, 2.75) is 45.2 Å². The van der Waals surface area contributed by atoms with Crippen LogP contribution < -0.4 is 5.32 Å². The number of nitrogens with one attached hydrogen (secondary N) is 1. The Kier molecular flexibility index (Phi) is 6.22. The molecular weight excluding hydrogens is 188 g/mol. The molecule has 0 aromatic carbocycles. The lowest BCUT2D eigenvalue weighted by atomic mass is 10.1. The summed E-state index contributed by atoms with van der Waals surface area (Å²) in [6, 6.07) is 1.38. The highest BCUT2D eigenvalue weighted by molar-refractivity contribution is 4.71. The minimum absolute atomic E-state index is 0.684. The quantitative estimate of drug-likeness (QED) is 0.725. The number of hydrogen-bond donors (Lipinski definition) is 1. The van der Waals surface area contributed by atoms with Gasteiger partial charge in [-0.05, 0) is 33.2 Å². The molecule has 0 spiro atoms. The maximum Gasteiger partial charge on any atom is 0.0480 e. The molecule has 0 aromatic rings. The Bertz CT molecular complexity index is 156. The zero-order valence-electron chi connectivity index (χ0n) is 10.5. The van der Waals surface area contributed by atoms with E-state index in [-0.39, 0.29) is 0 Å². The third-order valence-electron chi connectivity index (χ3n) is 3.46. The Hall–Kier alpha value is -0.120. The maximum absolute atomic E-state index is 5.33. The second-order valence-electron chi connectivity index (χ2n) is 4.58. The SMILES string of the molecule is CCC(C)N(C)CCNC1CCOCC1. The van der Waals surface area contributed by atoms with Gasteiger partial charge in [0.1, 0.15) is 0 Å². The van der Waals surface area contributed by atoms with Crippen molar-refractivity contribution in [3.05, 3.63) is 0 Å². The number of hydrogen-bond acceptors (Lipinski definition) is 3. The molecule has 0 aliphatic carbocycles. The topological polar surface area (TPSA) is 24.5 Å². The van der Waals surface area contributed by atoms with Crippen LogP contribution in [0.25, 0.3) is 0 Å². The molecule has 1 fully saturated rings. The van der Waals surface area contributed by atoms with Crippen LogP contribution in [0.4, 0.5) is 0 Å². The van der Waals surface area contributed by atoms with Gasteiger partial charge in [-0.3, -0.25) is 0 Å². The van der Waals surface area contributed by atoms with Gasteiger partial charge in [0.25, 0.3) is 0 Å². The molecule has 1 aliphatic heterocycles. The fourth-order valence-corrected chi connectivity index (χ4v) is 1.88. The van der Waals surface area contributed by atoms with E-state index < -0.39 is 0 Å². The van der Waals surface area contributed by atoms with E-state index in [0.717, 1.165) is 26.3 Å². The molecule has 1 unspecified atom stereocenters. The van der Waals surface area contributed by atoms with Gasteiger partial charge in [-0.15, -0.1) is 0 Å². The predicted molar refractivity (Wildman–Crippen MR) is 64.2 cm³/mol. The van der Waals surface area contributed by atoms with Gasteiger partial charge in [0, 0.05) is 38.4 Å². The highest BCUT2D eigenvalue weighted by Crippen LogP contribution is 2.05. The second-order valence-corrected chi connectivity index (χ2v) is 4.58. The van der Waals surface area contributed by atoms with Gasteiger partial charge in [0.15, 0.2) is 0 Å². The number of likely N-dealkylation sites (N-methyl/N-ethyl adjacent to an activating group) is 1. The van der Waals surface area contributed by atoms with Crippen molar-refractivity contribution in [2.24, 2.45) is 0 Å². The average Bonchev–Trinajstić information content (AvgIpc) is 2.29. The van der Waals surface area contributed by atoms with Crippen LogP contribution in [-0.4, -0.2) is 50.3 Å². The van der Waals surface area contributed by atoms with Gasteiger partial charge in [-0.1, -0.05) is 6.92 Å². The van der Waals surface area contributed by atoms with Gasteiger partial charge in [-0.25, -0.2) is 0 Å². The molecule has 0 radical (unpaired) electrons. The largest absolute Gasteiger partial charge is 0.381 e. The van der Waals surface area contributed by atoms with E-state index in [9.17, 15) is 0 Å². The van der Waals surface area contributed by atoms with Crippen LogP contribution in [0.1, 0.15) is 33.1 Å². The number of rotatable bonds is 6. The van der Waals surface area contributed by atoms with Crippen molar-refractivity contribution in [1.82, 2.24) is 10.2 Å². The van der Waals surface area contributed by atoms with Gasteiger partial charge in [-0.2, -0.15) is 0 Å². The van der Waals surface area contributed by atoms with Crippen LogP contribution >= 0.6 is 0 Å². The molecule has 1 saturated heterocycles. The Morgan fingerprint density at radius 3 is 2.67 bits per heavy atom. The first-order chi connectivity index (χ1) is 7.24. The standard InChI is InChI=1S/C12H26N2O/c1-4-11(2)14(3)8-7-13-12-5-9-15-10-6-12/h11-13H,4-10H2,1-3H3. The highest BCUT2D eigenvalue weighted by atomic mass is 16.5. The van der Waals surface area contributed by atoms with Crippen molar-refractivity contribution >= 4 is 0 Å². The Balaban J connectivity index is 2.04. The Labute approximate surface area is 94.2 Å². The van der Waals surface area contributed by atoms with Crippen molar-refractivity contribution in [3.8, 4) is 0 Å². The molecule has 0 bridgehead atoms. The summed E-state index contributed by atoms with van der Waals surface area (Å²) in [7, 11) is 2.21. The van der Waals surface area contributed by atoms with Crippen molar-refractivity contribution in [2.75, 3.05) is 33.4 Å². The summed E-state index contributed by atoms with van der Waals surface area (Å²) >= 11 is 0. The Morgan fingerprint density at radius 2 is 2.07 bits per heavy atom.